The van der Waals surface area contributed by atoms with Gasteiger partial charge in [0.15, 0.2) is 0 Å². The fourth-order valence-corrected chi connectivity index (χ4v) is 2.69. The van der Waals surface area contributed by atoms with E-state index in [1.54, 1.807) is 12.1 Å². The summed E-state index contributed by atoms with van der Waals surface area (Å²) in [5.74, 6) is 0. The summed E-state index contributed by atoms with van der Waals surface area (Å²) in [5.41, 5.74) is 5.41. The van der Waals surface area contributed by atoms with Gasteiger partial charge in [0.1, 0.15) is 0 Å². The molecule has 0 aliphatic rings. The number of benzene rings is 1. The number of nitrogens with two attached hydrogens (primary N) is 1. The normalized spacial score (nSPS) is 15.1. The van der Waals surface area contributed by atoms with Crippen molar-refractivity contribution in [3.8, 4) is 0 Å². The minimum absolute atomic E-state index is 0.0819. The Bertz CT molecular complexity index is 330. The molecule has 2 atom stereocenters. The van der Waals surface area contributed by atoms with Crippen LogP contribution in [0.4, 0.5) is 0 Å². The Labute approximate surface area is 91.9 Å². The maximum atomic E-state index is 11.9. The van der Waals surface area contributed by atoms with Crippen molar-refractivity contribution in [1.29, 1.82) is 0 Å². The third kappa shape index (κ3) is 3.08. The zero-order valence-electron chi connectivity index (χ0n) is 8.07. The van der Waals surface area contributed by atoms with Crippen LogP contribution < -0.4 is 5.73 Å². The highest BCUT2D eigenvalue weighted by atomic mass is 35.5. The maximum Gasteiger partial charge on any atom is 0.0559 e. The molecule has 0 radical (unpaired) electrons. The predicted molar refractivity (Wildman–Crippen MR) is 61.0 cm³/mol. The van der Waals surface area contributed by atoms with Crippen LogP contribution in [0.2, 0.25) is 5.02 Å². The summed E-state index contributed by atoms with van der Waals surface area (Å²) in [6.07, 6.45) is 0.763. The molecule has 2 unspecified atom stereocenters. The number of halogens is 1. The summed E-state index contributed by atoms with van der Waals surface area (Å²) in [6, 6.07) is 7.15. The van der Waals surface area contributed by atoms with Crippen molar-refractivity contribution >= 4 is 22.4 Å². The molecule has 2 nitrogen and oxygen atoms in total. The van der Waals surface area contributed by atoms with Crippen LogP contribution in [-0.2, 0) is 10.8 Å². The largest absolute Gasteiger partial charge is 0.330 e. The average Bonchev–Trinajstić information content (AvgIpc) is 2.17. The third-order valence-corrected chi connectivity index (χ3v) is 3.89. The van der Waals surface area contributed by atoms with Crippen LogP contribution in [0.3, 0.4) is 0 Å². The average molecular weight is 232 g/mol. The summed E-state index contributed by atoms with van der Waals surface area (Å²) in [7, 11) is -1.00. The first kappa shape index (κ1) is 11.7. The predicted octanol–water partition coefficient (Wildman–Crippen LogP) is 2.18. The molecule has 0 amide bonds. The van der Waals surface area contributed by atoms with Crippen LogP contribution in [0.15, 0.2) is 29.2 Å². The van der Waals surface area contributed by atoms with Gasteiger partial charge in [-0.2, -0.15) is 0 Å². The van der Waals surface area contributed by atoms with E-state index in [4.69, 9.17) is 17.3 Å². The third-order valence-electron chi connectivity index (χ3n) is 1.97. The lowest BCUT2D eigenvalue weighted by Crippen LogP contribution is -2.16. The van der Waals surface area contributed by atoms with Gasteiger partial charge >= 0.3 is 0 Å². The Morgan fingerprint density at radius 1 is 1.57 bits per heavy atom. The Morgan fingerprint density at radius 2 is 2.29 bits per heavy atom. The van der Waals surface area contributed by atoms with Crippen LogP contribution in [0.25, 0.3) is 0 Å². The lowest BCUT2D eigenvalue weighted by Gasteiger charge is -2.09. The Hall–Kier alpha value is -0.380. The van der Waals surface area contributed by atoms with E-state index >= 15 is 0 Å². The van der Waals surface area contributed by atoms with Crippen molar-refractivity contribution < 1.29 is 4.21 Å². The van der Waals surface area contributed by atoms with E-state index in [-0.39, 0.29) is 5.25 Å². The second-order valence-corrected chi connectivity index (χ2v) is 5.45. The highest BCUT2D eigenvalue weighted by Crippen LogP contribution is 2.17. The number of hydrogen-bond donors (Lipinski definition) is 1. The fraction of sp³-hybridized carbons (Fsp3) is 0.400. The van der Waals surface area contributed by atoms with E-state index < -0.39 is 10.8 Å². The lowest BCUT2D eigenvalue weighted by atomic mass is 10.3. The van der Waals surface area contributed by atoms with Gasteiger partial charge in [0.2, 0.25) is 0 Å². The minimum Gasteiger partial charge on any atom is -0.330 e. The van der Waals surface area contributed by atoms with Gasteiger partial charge in [-0.3, -0.25) is 4.21 Å². The van der Waals surface area contributed by atoms with Gasteiger partial charge in [-0.25, -0.2) is 0 Å². The summed E-state index contributed by atoms with van der Waals surface area (Å²) in [4.78, 5) is 0.776. The smallest absolute Gasteiger partial charge is 0.0559 e. The number of rotatable bonds is 4. The molecule has 78 valence electrons. The van der Waals surface area contributed by atoms with Gasteiger partial charge < -0.3 is 5.73 Å². The zero-order chi connectivity index (χ0) is 10.6. The molecule has 0 spiro atoms. The van der Waals surface area contributed by atoms with Crippen molar-refractivity contribution in [2.75, 3.05) is 6.54 Å². The van der Waals surface area contributed by atoms with Crippen LogP contribution >= 0.6 is 11.6 Å². The quantitative estimate of drug-likeness (QED) is 0.863. The molecule has 0 aliphatic heterocycles. The SMILES string of the molecule is CC(CCN)S(=O)c1cccc(Cl)c1. The first-order valence-corrected chi connectivity index (χ1v) is 6.10. The molecule has 1 aromatic carbocycles. The van der Waals surface area contributed by atoms with Crippen LogP contribution in [0.5, 0.6) is 0 Å². The van der Waals surface area contributed by atoms with Gasteiger partial charge in [-0.1, -0.05) is 24.6 Å². The topological polar surface area (TPSA) is 43.1 Å². The Kier molecular flexibility index (Phi) is 4.58. The number of hydrogen-bond acceptors (Lipinski definition) is 2. The van der Waals surface area contributed by atoms with Gasteiger partial charge in [0.05, 0.1) is 10.8 Å². The highest BCUT2D eigenvalue weighted by Gasteiger charge is 2.12. The lowest BCUT2D eigenvalue weighted by molar-refractivity contribution is 0.666. The molecule has 2 N–H and O–H groups in total. The molecule has 0 aliphatic carbocycles. The van der Waals surface area contributed by atoms with Crippen molar-refractivity contribution in [2.24, 2.45) is 5.73 Å². The van der Waals surface area contributed by atoms with E-state index in [0.717, 1.165) is 11.3 Å². The van der Waals surface area contributed by atoms with E-state index in [1.165, 1.54) is 0 Å². The molecule has 0 saturated heterocycles. The summed E-state index contributed by atoms with van der Waals surface area (Å²) < 4.78 is 11.9. The van der Waals surface area contributed by atoms with Gasteiger partial charge in [-0.15, -0.1) is 0 Å². The van der Waals surface area contributed by atoms with Crippen molar-refractivity contribution in [3.63, 3.8) is 0 Å². The Balaban J connectivity index is 2.78. The maximum absolute atomic E-state index is 11.9. The van der Waals surface area contributed by atoms with Crippen LogP contribution in [0, 0.1) is 0 Å². The van der Waals surface area contributed by atoms with Gasteiger partial charge in [-0.05, 0) is 31.2 Å². The molecule has 1 rings (SSSR count). The van der Waals surface area contributed by atoms with Crippen molar-refractivity contribution in [1.82, 2.24) is 0 Å². The minimum atomic E-state index is -1.00. The van der Waals surface area contributed by atoms with Crippen molar-refractivity contribution in [2.45, 2.75) is 23.5 Å². The molecule has 0 bridgehead atoms. The monoisotopic (exact) mass is 231 g/mol. The molecule has 0 aromatic heterocycles. The van der Waals surface area contributed by atoms with Crippen molar-refractivity contribution in [3.05, 3.63) is 29.3 Å². The van der Waals surface area contributed by atoms with E-state index in [9.17, 15) is 4.21 Å². The van der Waals surface area contributed by atoms with E-state index in [2.05, 4.69) is 0 Å². The molecule has 0 fully saturated rings. The second kappa shape index (κ2) is 5.49. The molecule has 0 saturated carbocycles. The van der Waals surface area contributed by atoms with Gasteiger partial charge in [0, 0.05) is 15.2 Å². The molecule has 14 heavy (non-hydrogen) atoms. The van der Waals surface area contributed by atoms with E-state index in [1.807, 2.05) is 19.1 Å². The molecule has 1 aromatic rings. The summed E-state index contributed by atoms with van der Waals surface area (Å²) in [6.45, 7) is 2.50. The summed E-state index contributed by atoms with van der Waals surface area (Å²) >= 11 is 5.81. The first-order chi connectivity index (χ1) is 6.65. The molecular formula is C10H14ClNOS. The molecule has 0 heterocycles. The highest BCUT2D eigenvalue weighted by molar-refractivity contribution is 7.85. The van der Waals surface area contributed by atoms with E-state index in [0.29, 0.717) is 11.6 Å². The standard InChI is InChI=1S/C10H14ClNOS/c1-8(5-6-12)14(13)10-4-2-3-9(11)7-10/h2-4,7-8H,5-6,12H2,1H3. The van der Waals surface area contributed by atoms with Crippen LogP contribution in [-0.4, -0.2) is 16.0 Å². The second-order valence-electron chi connectivity index (χ2n) is 3.14. The summed E-state index contributed by atoms with van der Waals surface area (Å²) in [5, 5.41) is 0.703. The van der Waals surface area contributed by atoms with Crippen LogP contribution in [0.1, 0.15) is 13.3 Å². The molecular weight excluding hydrogens is 218 g/mol. The van der Waals surface area contributed by atoms with Gasteiger partial charge in [0.25, 0.3) is 0 Å². The Morgan fingerprint density at radius 3 is 2.86 bits per heavy atom. The first-order valence-electron chi connectivity index (χ1n) is 4.51. The molecule has 4 heteroatoms. The fourth-order valence-electron chi connectivity index (χ4n) is 1.17. The zero-order valence-corrected chi connectivity index (χ0v) is 9.65.